The summed E-state index contributed by atoms with van der Waals surface area (Å²) in [5.41, 5.74) is 2.22. The highest BCUT2D eigenvalue weighted by atomic mass is 32.2. The molecular weight excluding hydrogens is 573 g/mol. The molecule has 1 aliphatic heterocycles. The van der Waals surface area contributed by atoms with Gasteiger partial charge in [-0.25, -0.2) is 25.3 Å². The summed E-state index contributed by atoms with van der Waals surface area (Å²) in [5.74, 6) is -0.668. The third-order valence-electron chi connectivity index (χ3n) is 6.93. The van der Waals surface area contributed by atoms with Crippen LogP contribution in [0.5, 0.6) is 0 Å². The predicted octanol–water partition coefficient (Wildman–Crippen LogP) is 4.09. The Morgan fingerprint density at radius 3 is 1.65 bits per heavy atom. The number of sulfonamides is 2. The topological polar surface area (TPSA) is 138 Å². The van der Waals surface area contributed by atoms with Crippen LogP contribution in [0.4, 0.5) is 11.4 Å². The smallest absolute Gasteiger partial charge is 0.264 e. The molecule has 3 aromatic carbocycles. The van der Waals surface area contributed by atoms with E-state index in [0.717, 1.165) is 15.4 Å². The maximum atomic E-state index is 13.8. The lowest BCUT2D eigenvalue weighted by Crippen LogP contribution is -2.47. The molecule has 1 aliphatic rings. The Balaban J connectivity index is 1.68. The minimum atomic E-state index is -4.30. The summed E-state index contributed by atoms with van der Waals surface area (Å²) in [6, 6.07) is 17.2. The van der Waals surface area contributed by atoms with E-state index in [1.165, 1.54) is 48.5 Å². The number of rotatable bonds is 9. The maximum Gasteiger partial charge on any atom is 0.264 e. The monoisotopic (exact) mass is 606 g/mol. The van der Waals surface area contributed by atoms with Crippen molar-refractivity contribution >= 4 is 41.3 Å². The molecule has 0 unspecified atom stereocenters. The molecule has 1 fully saturated rings. The summed E-state index contributed by atoms with van der Waals surface area (Å²) in [6.45, 7) is 7.97. The SMILES string of the molecule is CC(C)c1ccc(S(=O)(=O)Nc2ccc(N([C@@H]3CS(=O)(=O)C[C@@H]3O)S(=O)(=O)c3ccc(C(C)C)cc3)cc2)cc1. The number of aliphatic hydroxyl groups is 1. The van der Waals surface area contributed by atoms with Crippen molar-refractivity contribution in [3.63, 3.8) is 0 Å². The van der Waals surface area contributed by atoms with E-state index in [-0.39, 0.29) is 33.0 Å². The molecule has 3 aromatic rings. The third-order valence-corrected chi connectivity index (χ3v) is 11.9. The van der Waals surface area contributed by atoms with Crippen LogP contribution in [0.1, 0.15) is 50.7 Å². The van der Waals surface area contributed by atoms with Gasteiger partial charge in [0.15, 0.2) is 9.84 Å². The summed E-state index contributed by atoms with van der Waals surface area (Å²) in [6.07, 6.45) is -1.43. The zero-order chi connectivity index (χ0) is 29.5. The van der Waals surface area contributed by atoms with Gasteiger partial charge in [0.2, 0.25) is 0 Å². The number of aliphatic hydroxyl groups excluding tert-OH is 1. The maximum absolute atomic E-state index is 13.8. The number of anilines is 2. The summed E-state index contributed by atoms with van der Waals surface area (Å²) in [4.78, 5) is 0.0253. The van der Waals surface area contributed by atoms with Crippen molar-refractivity contribution < 1.29 is 30.4 Å². The van der Waals surface area contributed by atoms with Gasteiger partial charge in [0, 0.05) is 5.69 Å². The summed E-state index contributed by atoms with van der Waals surface area (Å²) in [5, 5.41) is 10.6. The number of hydrogen-bond donors (Lipinski definition) is 2. The number of hydrogen-bond acceptors (Lipinski definition) is 7. The minimum Gasteiger partial charge on any atom is -0.390 e. The van der Waals surface area contributed by atoms with Crippen LogP contribution in [0.2, 0.25) is 0 Å². The highest BCUT2D eigenvalue weighted by molar-refractivity contribution is 7.93. The second-order valence-electron chi connectivity index (χ2n) is 10.6. The van der Waals surface area contributed by atoms with E-state index >= 15 is 0 Å². The molecule has 0 bridgehead atoms. The van der Waals surface area contributed by atoms with Gasteiger partial charge in [0.05, 0.1) is 39.1 Å². The Kier molecular flexibility index (Phi) is 8.38. The number of benzene rings is 3. The fourth-order valence-electron chi connectivity index (χ4n) is 4.60. The summed E-state index contributed by atoms with van der Waals surface area (Å²) >= 11 is 0. The average molecular weight is 607 g/mol. The van der Waals surface area contributed by atoms with Crippen LogP contribution >= 0.6 is 0 Å². The number of nitrogens with zero attached hydrogens (tertiary/aromatic N) is 1. The third kappa shape index (κ3) is 6.35. The van der Waals surface area contributed by atoms with Crippen molar-refractivity contribution in [3.8, 4) is 0 Å². The first kappa shape index (κ1) is 30.0. The number of nitrogens with one attached hydrogen (secondary N) is 1. The van der Waals surface area contributed by atoms with Crippen LogP contribution in [-0.2, 0) is 29.9 Å². The van der Waals surface area contributed by atoms with Gasteiger partial charge in [-0.15, -0.1) is 0 Å². The quantitative estimate of drug-likeness (QED) is 0.374. The highest BCUT2D eigenvalue weighted by Crippen LogP contribution is 2.33. The standard InChI is InChI=1S/C28H34N2O7S3/c1-19(2)21-5-13-25(14-6-21)39(34,35)29-23-9-11-24(12-10-23)30(27-17-38(32,33)18-28(27)31)40(36,37)26-15-7-22(8-16-26)20(3)4/h5-16,19-20,27-29,31H,17-18H2,1-4H3/t27-,28+/m1/s1. The Labute approximate surface area is 236 Å². The second-order valence-corrected chi connectivity index (χ2v) is 16.3. The molecule has 4 rings (SSSR count). The van der Waals surface area contributed by atoms with E-state index in [4.69, 9.17) is 0 Å². The van der Waals surface area contributed by atoms with Crippen molar-refractivity contribution in [2.75, 3.05) is 20.5 Å². The molecule has 2 atom stereocenters. The van der Waals surface area contributed by atoms with E-state index in [0.29, 0.717) is 0 Å². The molecule has 216 valence electrons. The highest BCUT2D eigenvalue weighted by Gasteiger charge is 2.45. The first-order chi connectivity index (χ1) is 18.6. The summed E-state index contributed by atoms with van der Waals surface area (Å²) < 4.78 is 81.6. The Bertz CT molecular complexity index is 1670. The minimum absolute atomic E-state index is 0.0528. The molecule has 12 heteroatoms. The van der Waals surface area contributed by atoms with Crippen molar-refractivity contribution in [1.29, 1.82) is 0 Å². The molecule has 0 radical (unpaired) electrons. The molecule has 1 heterocycles. The fraction of sp³-hybridized carbons (Fsp3) is 0.357. The van der Waals surface area contributed by atoms with E-state index in [2.05, 4.69) is 4.72 Å². The van der Waals surface area contributed by atoms with Crippen LogP contribution in [0, 0.1) is 0 Å². The Morgan fingerprint density at radius 1 is 0.750 bits per heavy atom. The largest absolute Gasteiger partial charge is 0.390 e. The van der Waals surface area contributed by atoms with Gasteiger partial charge in [0.1, 0.15) is 0 Å². The first-order valence-electron chi connectivity index (χ1n) is 12.9. The van der Waals surface area contributed by atoms with E-state index in [9.17, 15) is 30.4 Å². The molecule has 0 saturated carbocycles. The van der Waals surface area contributed by atoms with Crippen LogP contribution in [-0.4, -0.2) is 54.0 Å². The first-order valence-corrected chi connectivity index (χ1v) is 17.6. The van der Waals surface area contributed by atoms with E-state index in [1.807, 2.05) is 27.7 Å². The molecule has 1 saturated heterocycles. The molecule has 0 amide bonds. The Hall–Kier alpha value is -2.93. The lowest BCUT2D eigenvalue weighted by molar-refractivity contribution is 0.184. The van der Waals surface area contributed by atoms with Crippen molar-refractivity contribution in [3.05, 3.63) is 83.9 Å². The van der Waals surface area contributed by atoms with Crippen molar-refractivity contribution in [2.45, 2.75) is 61.5 Å². The van der Waals surface area contributed by atoms with Crippen molar-refractivity contribution in [2.24, 2.45) is 0 Å². The molecule has 0 aromatic heterocycles. The molecule has 0 spiro atoms. The van der Waals surface area contributed by atoms with Gasteiger partial charge in [-0.2, -0.15) is 0 Å². The number of sulfone groups is 1. The van der Waals surface area contributed by atoms with Crippen LogP contribution in [0.15, 0.2) is 82.6 Å². The van der Waals surface area contributed by atoms with Gasteiger partial charge in [0.25, 0.3) is 20.0 Å². The zero-order valence-corrected chi connectivity index (χ0v) is 25.2. The molecular formula is C28H34N2O7S3. The van der Waals surface area contributed by atoms with Gasteiger partial charge in [-0.3, -0.25) is 9.03 Å². The van der Waals surface area contributed by atoms with Crippen LogP contribution in [0.3, 0.4) is 0 Å². The summed E-state index contributed by atoms with van der Waals surface area (Å²) in [7, 11) is -11.9. The van der Waals surface area contributed by atoms with Gasteiger partial charge < -0.3 is 5.11 Å². The van der Waals surface area contributed by atoms with Crippen LogP contribution < -0.4 is 9.03 Å². The molecule has 0 aliphatic carbocycles. The zero-order valence-electron chi connectivity index (χ0n) is 22.7. The normalized spacial score (nSPS) is 19.2. The lowest BCUT2D eigenvalue weighted by atomic mass is 10.0. The van der Waals surface area contributed by atoms with Crippen molar-refractivity contribution in [1.82, 2.24) is 0 Å². The molecule has 2 N–H and O–H groups in total. The molecule has 40 heavy (non-hydrogen) atoms. The van der Waals surface area contributed by atoms with E-state index < -0.39 is 53.5 Å². The Morgan fingerprint density at radius 2 is 1.23 bits per heavy atom. The molecule has 9 nitrogen and oxygen atoms in total. The predicted molar refractivity (Wildman–Crippen MR) is 156 cm³/mol. The fourth-order valence-corrected chi connectivity index (χ4v) is 9.20. The van der Waals surface area contributed by atoms with Crippen LogP contribution in [0.25, 0.3) is 0 Å². The van der Waals surface area contributed by atoms with Gasteiger partial charge in [-0.05, 0) is 71.5 Å². The lowest BCUT2D eigenvalue weighted by Gasteiger charge is -2.31. The second kappa shape index (κ2) is 11.2. The van der Waals surface area contributed by atoms with Gasteiger partial charge in [-0.1, -0.05) is 52.0 Å². The van der Waals surface area contributed by atoms with Gasteiger partial charge >= 0.3 is 0 Å². The average Bonchev–Trinajstić information content (AvgIpc) is 3.16. The van der Waals surface area contributed by atoms with E-state index in [1.54, 1.807) is 24.3 Å².